The SMILES string of the molecule is Cc1nn(C)c(C(C)(C)O)c1Cl. The van der Waals surface area contributed by atoms with Crippen molar-refractivity contribution in [1.29, 1.82) is 0 Å². The smallest absolute Gasteiger partial charge is 0.102 e. The van der Waals surface area contributed by atoms with Gasteiger partial charge in [0.15, 0.2) is 0 Å². The van der Waals surface area contributed by atoms with Crippen LogP contribution >= 0.6 is 11.6 Å². The van der Waals surface area contributed by atoms with Gasteiger partial charge in [0, 0.05) is 7.05 Å². The highest BCUT2D eigenvalue weighted by Gasteiger charge is 2.25. The van der Waals surface area contributed by atoms with Gasteiger partial charge in [0.2, 0.25) is 0 Å². The van der Waals surface area contributed by atoms with E-state index >= 15 is 0 Å². The van der Waals surface area contributed by atoms with Crippen LogP contribution in [0.3, 0.4) is 0 Å². The van der Waals surface area contributed by atoms with E-state index in [0.717, 1.165) is 5.69 Å². The zero-order valence-corrected chi connectivity index (χ0v) is 8.48. The van der Waals surface area contributed by atoms with E-state index in [2.05, 4.69) is 5.10 Å². The summed E-state index contributed by atoms with van der Waals surface area (Å²) in [6.07, 6.45) is 0. The highest BCUT2D eigenvalue weighted by atomic mass is 35.5. The van der Waals surface area contributed by atoms with Crippen LogP contribution in [-0.4, -0.2) is 14.9 Å². The van der Waals surface area contributed by atoms with Crippen LogP contribution in [0.1, 0.15) is 25.2 Å². The number of halogens is 1. The average Bonchev–Trinajstić information content (AvgIpc) is 2.05. The molecule has 1 N–H and O–H groups in total. The molecule has 12 heavy (non-hydrogen) atoms. The molecule has 0 aliphatic carbocycles. The lowest BCUT2D eigenvalue weighted by Gasteiger charge is -2.17. The number of aryl methyl sites for hydroxylation is 2. The maximum absolute atomic E-state index is 9.72. The standard InChI is InChI=1S/C8H13ClN2O/c1-5-6(9)7(8(2,3)12)11(4)10-5/h12H,1-4H3. The van der Waals surface area contributed by atoms with Crippen LogP contribution < -0.4 is 0 Å². The van der Waals surface area contributed by atoms with Crippen molar-refractivity contribution in [3.8, 4) is 0 Å². The first kappa shape index (κ1) is 9.55. The van der Waals surface area contributed by atoms with Gasteiger partial charge in [-0.15, -0.1) is 0 Å². The van der Waals surface area contributed by atoms with Crippen molar-refractivity contribution in [3.63, 3.8) is 0 Å². The van der Waals surface area contributed by atoms with Gasteiger partial charge in [-0.25, -0.2) is 0 Å². The fourth-order valence-electron chi connectivity index (χ4n) is 1.30. The topological polar surface area (TPSA) is 38.0 Å². The van der Waals surface area contributed by atoms with Gasteiger partial charge >= 0.3 is 0 Å². The summed E-state index contributed by atoms with van der Waals surface area (Å²) in [7, 11) is 1.77. The molecule has 1 rings (SSSR count). The third-order valence-electron chi connectivity index (χ3n) is 1.73. The minimum atomic E-state index is -0.937. The summed E-state index contributed by atoms with van der Waals surface area (Å²) in [6.45, 7) is 5.20. The quantitative estimate of drug-likeness (QED) is 0.727. The lowest BCUT2D eigenvalue weighted by Crippen LogP contribution is -2.20. The van der Waals surface area contributed by atoms with Gasteiger partial charge in [-0.05, 0) is 20.8 Å². The second-order valence-electron chi connectivity index (χ2n) is 3.43. The van der Waals surface area contributed by atoms with Gasteiger partial charge in [-0.1, -0.05) is 11.6 Å². The molecule has 0 saturated heterocycles. The van der Waals surface area contributed by atoms with Gasteiger partial charge < -0.3 is 5.11 Å². The second-order valence-corrected chi connectivity index (χ2v) is 3.81. The van der Waals surface area contributed by atoms with Crippen LogP contribution in [0.2, 0.25) is 5.02 Å². The van der Waals surface area contributed by atoms with Crippen molar-refractivity contribution < 1.29 is 5.11 Å². The summed E-state index contributed by atoms with van der Waals surface area (Å²) >= 11 is 5.96. The fourth-order valence-corrected chi connectivity index (χ4v) is 1.69. The molecule has 1 aromatic rings. The molecule has 0 aliphatic heterocycles. The molecule has 68 valence electrons. The Morgan fingerprint density at radius 3 is 2.17 bits per heavy atom. The summed E-state index contributed by atoms with van der Waals surface area (Å²) in [4.78, 5) is 0. The van der Waals surface area contributed by atoms with Crippen LogP contribution in [0.5, 0.6) is 0 Å². The molecule has 0 atom stereocenters. The first-order valence-corrected chi connectivity index (χ1v) is 4.13. The van der Waals surface area contributed by atoms with E-state index < -0.39 is 5.60 Å². The Hall–Kier alpha value is -0.540. The average molecular weight is 189 g/mol. The van der Waals surface area contributed by atoms with Crippen molar-refractivity contribution in [3.05, 3.63) is 16.4 Å². The Kier molecular flexibility index (Phi) is 2.19. The van der Waals surface area contributed by atoms with E-state index in [9.17, 15) is 5.11 Å². The molecule has 4 heteroatoms. The molecule has 0 radical (unpaired) electrons. The predicted molar refractivity (Wildman–Crippen MR) is 48.2 cm³/mol. The van der Waals surface area contributed by atoms with Crippen molar-refractivity contribution in [2.45, 2.75) is 26.4 Å². The van der Waals surface area contributed by atoms with Crippen LogP contribution in [-0.2, 0) is 12.6 Å². The van der Waals surface area contributed by atoms with Crippen LogP contribution in [0.4, 0.5) is 0 Å². The van der Waals surface area contributed by atoms with E-state index in [4.69, 9.17) is 11.6 Å². The predicted octanol–water partition coefficient (Wildman–Crippen LogP) is 1.61. The number of aliphatic hydroxyl groups is 1. The van der Waals surface area contributed by atoms with Crippen molar-refractivity contribution in [2.75, 3.05) is 0 Å². The monoisotopic (exact) mass is 188 g/mol. The molecular weight excluding hydrogens is 176 g/mol. The lowest BCUT2D eigenvalue weighted by atomic mass is 10.1. The zero-order valence-electron chi connectivity index (χ0n) is 7.72. The van der Waals surface area contributed by atoms with Gasteiger partial charge in [0.25, 0.3) is 0 Å². The molecule has 0 unspecified atom stereocenters. The van der Waals surface area contributed by atoms with E-state index in [1.165, 1.54) is 0 Å². The minimum Gasteiger partial charge on any atom is -0.384 e. The van der Waals surface area contributed by atoms with Crippen molar-refractivity contribution in [2.24, 2.45) is 7.05 Å². The van der Waals surface area contributed by atoms with Crippen molar-refractivity contribution in [1.82, 2.24) is 9.78 Å². The first-order chi connectivity index (χ1) is 5.34. The summed E-state index contributed by atoms with van der Waals surface area (Å²) in [5.74, 6) is 0. The Bertz CT molecular complexity index is 299. The molecule has 0 amide bonds. The summed E-state index contributed by atoms with van der Waals surface area (Å²) in [5.41, 5.74) is 0.463. The van der Waals surface area contributed by atoms with Gasteiger partial charge in [-0.2, -0.15) is 5.10 Å². The molecule has 1 aromatic heterocycles. The normalized spacial score (nSPS) is 12.2. The highest BCUT2D eigenvalue weighted by Crippen LogP contribution is 2.28. The largest absolute Gasteiger partial charge is 0.384 e. The van der Waals surface area contributed by atoms with Gasteiger partial charge in [-0.3, -0.25) is 4.68 Å². The molecule has 3 nitrogen and oxygen atoms in total. The summed E-state index contributed by atoms with van der Waals surface area (Å²) in [5, 5.41) is 14.4. The third-order valence-corrected chi connectivity index (χ3v) is 2.18. The molecule has 0 aliphatic rings. The van der Waals surface area contributed by atoms with E-state index in [-0.39, 0.29) is 0 Å². The second kappa shape index (κ2) is 2.75. The first-order valence-electron chi connectivity index (χ1n) is 3.76. The third kappa shape index (κ3) is 1.47. The number of hydrogen-bond donors (Lipinski definition) is 1. The minimum absolute atomic E-state index is 0.546. The van der Waals surface area contributed by atoms with Gasteiger partial charge in [0.1, 0.15) is 5.60 Å². The Balaban J connectivity index is 3.32. The molecule has 0 aromatic carbocycles. The lowest BCUT2D eigenvalue weighted by molar-refractivity contribution is 0.0697. The molecule has 0 bridgehead atoms. The zero-order chi connectivity index (χ0) is 9.52. The maximum Gasteiger partial charge on any atom is 0.102 e. The molecule has 0 spiro atoms. The molecule has 0 saturated carbocycles. The van der Waals surface area contributed by atoms with Crippen LogP contribution in [0.15, 0.2) is 0 Å². The number of nitrogens with zero attached hydrogens (tertiary/aromatic N) is 2. The maximum atomic E-state index is 9.72. The van der Waals surface area contributed by atoms with Crippen molar-refractivity contribution >= 4 is 11.6 Å². The molecular formula is C8H13ClN2O. The molecule has 0 fully saturated rings. The van der Waals surface area contributed by atoms with E-state index in [0.29, 0.717) is 10.7 Å². The number of rotatable bonds is 1. The Morgan fingerprint density at radius 2 is 2.00 bits per heavy atom. The molecule has 1 heterocycles. The summed E-state index contributed by atoms with van der Waals surface area (Å²) < 4.78 is 1.61. The van der Waals surface area contributed by atoms with E-state index in [1.54, 1.807) is 25.6 Å². The van der Waals surface area contributed by atoms with Crippen LogP contribution in [0.25, 0.3) is 0 Å². The highest BCUT2D eigenvalue weighted by molar-refractivity contribution is 6.32. The number of hydrogen-bond acceptors (Lipinski definition) is 2. The fraction of sp³-hybridized carbons (Fsp3) is 0.625. The Morgan fingerprint density at radius 1 is 1.50 bits per heavy atom. The number of aromatic nitrogens is 2. The van der Waals surface area contributed by atoms with E-state index in [1.807, 2.05) is 6.92 Å². The van der Waals surface area contributed by atoms with Gasteiger partial charge in [0.05, 0.1) is 16.4 Å². The summed E-state index contributed by atoms with van der Waals surface area (Å²) in [6, 6.07) is 0. The van der Waals surface area contributed by atoms with Crippen LogP contribution in [0, 0.1) is 6.92 Å². The Labute approximate surface area is 77.0 Å².